The number of carbonyl (C=O) groups is 1. The standard InChI is InChI=1S/C24H29N3O3S2/c1-3-4-16-26(24-25-21-10-5-6-11-22(21)31-24)23(28)19-12-14-20(15-13-19)32(29,30)27-17-8-7-9-18(27)2/h5-6,10-15,18H,3-4,7-9,16-17H2,1-2H3/t18-/m0/s1. The highest BCUT2D eigenvalue weighted by molar-refractivity contribution is 7.89. The minimum absolute atomic E-state index is 0.00127. The van der Waals surface area contributed by atoms with Gasteiger partial charge in [-0.1, -0.05) is 43.2 Å². The maximum Gasteiger partial charge on any atom is 0.260 e. The summed E-state index contributed by atoms with van der Waals surface area (Å²) in [5.41, 5.74) is 1.34. The van der Waals surface area contributed by atoms with Crippen molar-refractivity contribution < 1.29 is 13.2 Å². The second kappa shape index (κ2) is 9.68. The molecule has 1 aromatic heterocycles. The van der Waals surface area contributed by atoms with E-state index < -0.39 is 10.0 Å². The molecule has 4 rings (SSSR count). The van der Waals surface area contributed by atoms with Gasteiger partial charge in [0, 0.05) is 24.7 Å². The molecule has 8 heteroatoms. The number of nitrogens with zero attached hydrogens (tertiary/aromatic N) is 3. The van der Waals surface area contributed by atoms with Crippen molar-refractivity contribution in [2.45, 2.75) is 56.9 Å². The van der Waals surface area contributed by atoms with Crippen LogP contribution in [0.5, 0.6) is 0 Å². The van der Waals surface area contributed by atoms with Gasteiger partial charge in [-0.15, -0.1) is 0 Å². The van der Waals surface area contributed by atoms with Crippen LogP contribution in [0.2, 0.25) is 0 Å². The molecule has 0 bridgehead atoms. The van der Waals surface area contributed by atoms with Gasteiger partial charge in [-0.25, -0.2) is 13.4 Å². The molecule has 1 fully saturated rings. The number of fused-ring (bicyclic) bond motifs is 1. The molecule has 3 aromatic rings. The molecule has 2 heterocycles. The van der Waals surface area contributed by atoms with Crippen LogP contribution in [0.4, 0.5) is 5.13 Å². The Morgan fingerprint density at radius 1 is 1.16 bits per heavy atom. The van der Waals surface area contributed by atoms with Crippen LogP contribution in [0.15, 0.2) is 53.4 Å². The summed E-state index contributed by atoms with van der Waals surface area (Å²) in [4.78, 5) is 20.0. The first-order chi connectivity index (χ1) is 15.4. The van der Waals surface area contributed by atoms with E-state index in [0.29, 0.717) is 23.8 Å². The van der Waals surface area contributed by atoms with Crippen LogP contribution in [0.25, 0.3) is 10.2 Å². The van der Waals surface area contributed by atoms with Crippen LogP contribution >= 0.6 is 11.3 Å². The predicted molar refractivity (Wildman–Crippen MR) is 130 cm³/mol. The summed E-state index contributed by atoms with van der Waals surface area (Å²) < 4.78 is 28.8. The van der Waals surface area contributed by atoms with Gasteiger partial charge in [-0.2, -0.15) is 4.31 Å². The van der Waals surface area contributed by atoms with Crippen LogP contribution in [0, 0.1) is 0 Å². The van der Waals surface area contributed by atoms with Crippen LogP contribution in [-0.4, -0.2) is 42.7 Å². The molecule has 1 amide bonds. The summed E-state index contributed by atoms with van der Waals surface area (Å²) in [5.74, 6) is -0.159. The molecule has 1 saturated heterocycles. The third kappa shape index (κ3) is 4.58. The molecule has 170 valence electrons. The number of piperidine rings is 1. The molecular formula is C24H29N3O3S2. The number of carbonyl (C=O) groups excluding carboxylic acids is 1. The number of hydrogen-bond acceptors (Lipinski definition) is 5. The highest BCUT2D eigenvalue weighted by Gasteiger charge is 2.31. The molecule has 0 saturated carbocycles. The van der Waals surface area contributed by atoms with Crippen molar-refractivity contribution in [2.24, 2.45) is 0 Å². The van der Waals surface area contributed by atoms with E-state index in [9.17, 15) is 13.2 Å². The van der Waals surface area contributed by atoms with E-state index in [2.05, 4.69) is 11.9 Å². The first-order valence-corrected chi connectivity index (χ1v) is 13.5. The maximum absolute atomic E-state index is 13.4. The lowest BCUT2D eigenvalue weighted by molar-refractivity contribution is 0.0986. The highest BCUT2D eigenvalue weighted by Crippen LogP contribution is 2.30. The van der Waals surface area contributed by atoms with E-state index >= 15 is 0 Å². The summed E-state index contributed by atoms with van der Waals surface area (Å²) in [7, 11) is -3.56. The van der Waals surface area contributed by atoms with Gasteiger partial charge < -0.3 is 0 Å². The van der Waals surface area contributed by atoms with Crippen molar-refractivity contribution in [1.29, 1.82) is 0 Å². The molecular weight excluding hydrogens is 442 g/mol. The summed E-state index contributed by atoms with van der Waals surface area (Å²) in [5, 5.41) is 0.670. The Morgan fingerprint density at radius 2 is 1.91 bits per heavy atom. The topological polar surface area (TPSA) is 70.6 Å². The number of amides is 1. The number of rotatable bonds is 7. The predicted octanol–water partition coefficient (Wildman–Crippen LogP) is 5.31. The van der Waals surface area contributed by atoms with Gasteiger partial charge in [-0.3, -0.25) is 9.69 Å². The van der Waals surface area contributed by atoms with Gasteiger partial charge in [0.2, 0.25) is 10.0 Å². The summed E-state index contributed by atoms with van der Waals surface area (Å²) >= 11 is 1.50. The van der Waals surface area contributed by atoms with Gasteiger partial charge in [0.05, 0.1) is 15.1 Å². The van der Waals surface area contributed by atoms with Crippen LogP contribution < -0.4 is 4.90 Å². The third-order valence-corrected chi connectivity index (χ3v) is 9.03. The number of aromatic nitrogens is 1. The van der Waals surface area contributed by atoms with Crippen molar-refractivity contribution in [3.63, 3.8) is 0 Å². The average Bonchev–Trinajstić information content (AvgIpc) is 3.23. The number of unbranched alkanes of at least 4 members (excludes halogenated alkanes) is 1. The molecule has 0 N–H and O–H groups in total. The number of anilines is 1. The quantitative estimate of drug-likeness (QED) is 0.468. The van der Waals surface area contributed by atoms with E-state index in [-0.39, 0.29) is 16.8 Å². The van der Waals surface area contributed by atoms with Gasteiger partial charge in [0.1, 0.15) is 0 Å². The monoisotopic (exact) mass is 471 g/mol. The molecule has 1 aliphatic heterocycles. The number of thiazole rings is 1. The number of sulfonamides is 1. The van der Waals surface area contributed by atoms with Crippen LogP contribution in [0.1, 0.15) is 56.3 Å². The Bertz CT molecular complexity index is 1160. The Morgan fingerprint density at radius 3 is 2.59 bits per heavy atom. The summed E-state index contributed by atoms with van der Waals surface area (Å²) in [6, 6.07) is 14.2. The molecule has 0 radical (unpaired) electrons. The fourth-order valence-corrected chi connectivity index (χ4v) is 6.75. The van der Waals surface area contributed by atoms with E-state index in [0.717, 1.165) is 42.3 Å². The first kappa shape index (κ1) is 22.9. The Hall–Kier alpha value is -2.29. The Balaban J connectivity index is 1.60. The number of hydrogen-bond donors (Lipinski definition) is 0. The van der Waals surface area contributed by atoms with Crippen molar-refractivity contribution in [3.8, 4) is 0 Å². The van der Waals surface area contributed by atoms with Crippen molar-refractivity contribution in [3.05, 3.63) is 54.1 Å². The zero-order valence-electron chi connectivity index (χ0n) is 18.5. The normalized spacial score (nSPS) is 17.5. The lowest BCUT2D eigenvalue weighted by Crippen LogP contribution is -2.41. The van der Waals surface area contributed by atoms with Gasteiger partial charge in [0.25, 0.3) is 5.91 Å². The zero-order chi connectivity index (χ0) is 22.7. The molecule has 0 aliphatic carbocycles. The Kier molecular flexibility index (Phi) is 6.93. The van der Waals surface area contributed by atoms with E-state index in [1.54, 1.807) is 33.5 Å². The molecule has 6 nitrogen and oxygen atoms in total. The number of benzene rings is 2. The van der Waals surface area contributed by atoms with E-state index in [1.807, 2.05) is 31.2 Å². The second-order valence-electron chi connectivity index (χ2n) is 8.26. The van der Waals surface area contributed by atoms with Gasteiger partial charge in [-0.05, 0) is 62.6 Å². The minimum atomic E-state index is -3.56. The molecule has 1 aliphatic rings. The fourth-order valence-electron chi connectivity index (χ4n) is 4.07. The van der Waals surface area contributed by atoms with Crippen molar-refractivity contribution >= 4 is 42.6 Å². The van der Waals surface area contributed by atoms with Gasteiger partial charge in [0.15, 0.2) is 5.13 Å². The lowest BCUT2D eigenvalue weighted by atomic mass is 10.1. The smallest absolute Gasteiger partial charge is 0.260 e. The number of para-hydroxylation sites is 1. The summed E-state index contributed by atoms with van der Waals surface area (Å²) in [6.45, 7) is 5.16. The van der Waals surface area contributed by atoms with Crippen LogP contribution in [0.3, 0.4) is 0 Å². The lowest BCUT2D eigenvalue weighted by Gasteiger charge is -2.32. The molecule has 0 spiro atoms. The first-order valence-electron chi connectivity index (χ1n) is 11.2. The largest absolute Gasteiger partial charge is 0.284 e. The third-order valence-electron chi connectivity index (χ3n) is 5.94. The average molecular weight is 472 g/mol. The molecule has 1 atom stereocenters. The molecule has 32 heavy (non-hydrogen) atoms. The fraction of sp³-hybridized carbons (Fsp3) is 0.417. The second-order valence-corrected chi connectivity index (χ2v) is 11.2. The zero-order valence-corrected chi connectivity index (χ0v) is 20.2. The minimum Gasteiger partial charge on any atom is -0.284 e. The van der Waals surface area contributed by atoms with Gasteiger partial charge >= 0.3 is 0 Å². The highest BCUT2D eigenvalue weighted by atomic mass is 32.2. The SMILES string of the molecule is CCCCN(C(=O)c1ccc(S(=O)(=O)N2CCCC[C@@H]2C)cc1)c1nc2ccccc2s1. The van der Waals surface area contributed by atoms with Crippen LogP contribution in [-0.2, 0) is 10.0 Å². The summed E-state index contributed by atoms with van der Waals surface area (Å²) in [6.07, 6.45) is 4.64. The van der Waals surface area contributed by atoms with E-state index in [1.165, 1.54) is 11.3 Å². The van der Waals surface area contributed by atoms with E-state index in [4.69, 9.17) is 0 Å². The molecule has 2 aromatic carbocycles. The maximum atomic E-state index is 13.4. The Labute approximate surface area is 193 Å². The van der Waals surface area contributed by atoms with Crippen molar-refractivity contribution in [1.82, 2.24) is 9.29 Å². The van der Waals surface area contributed by atoms with Crippen molar-refractivity contribution in [2.75, 3.05) is 18.0 Å². The molecule has 0 unspecified atom stereocenters.